The Hall–Kier alpha value is -6.85. The van der Waals surface area contributed by atoms with Gasteiger partial charge in [-0.2, -0.15) is 9.97 Å². The monoisotopic (exact) mass is 823 g/mol. The summed E-state index contributed by atoms with van der Waals surface area (Å²) >= 11 is 0. The van der Waals surface area contributed by atoms with Gasteiger partial charge >= 0.3 is 0 Å². The van der Waals surface area contributed by atoms with E-state index in [9.17, 15) is 5.11 Å². The van der Waals surface area contributed by atoms with Gasteiger partial charge in [0.1, 0.15) is 17.9 Å². The molecule has 9 rings (SSSR count). The van der Waals surface area contributed by atoms with Crippen molar-refractivity contribution in [2.24, 2.45) is 5.92 Å². The first-order chi connectivity index (χ1) is 30.6. The van der Waals surface area contributed by atoms with Gasteiger partial charge in [0.2, 0.25) is 11.8 Å². The molecule has 0 unspecified atom stereocenters. The zero-order valence-electron chi connectivity index (χ0n) is 34.5. The molecule has 1 aliphatic carbocycles. The van der Waals surface area contributed by atoms with Crippen molar-refractivity contribution in [1.29, 1.82) is 0 Å². The molecule has 0 bridgehead atoms. The van der Waals surface area contributed by atoms with Crippen molar-refractivity contribution in [1.82, 2.24) is 19.5 Å². The number of hydrogen-bond acceptors (Lipinski definition) is 9. The number of anilines is 1. The van der Waals surface area contributed by atoms with Gasteiger partial charge in [-0.05, 0) is 51.9 Å². The Labute approximate surface area is 361 Å². The van der Waals surface area contributed by atoms with Crippen molar-refractivity contribution < 1.29 is 24.1 Å². The van der Waals surface area contributed by atoms with E-state index >= 15 is 0 Å². The third-order valence-corrected chi connectivity index (χ3v) is 11.7. The lowest BCUT2D eigenvalue weighted by molar-refractivity contribution is -0.0475. The summed E-state index contributed by atoms with van der Waals surface area (Å²) in [6.45, 7) is 1.41. The van der Waals surface area contributed by atoms with Gasteiger partial charge in [0.05, 0.1) is 51.5 Å². The summed E-state index contributed by atoms with van der Waals surface area (Å²) in [7, 11) is 1.66. The van der Waals surface area contributed by atoms with Crippen LogP contribution in [0.2, 0.25) is 0 Å². The molecule has 0 aliphatic heterocycles. The molecule has 1 aliphatic rings. The molecular formula is C52H49N5O5. The van der Waals surface area contributed by atoms with Gasteiger partial charge in [0.25, 0.3) is 0 Å². The topological polar surface area (TPSA) is 113 Å². The number of rotatable bonds is 17. The molecule has 62 heavy (non-hydrogen) atoms. The Morgan fingerprint density at radius 2 is 1.18 bits per heavy atom. The Morgan fingerprint density at radius 1 is 0.645 bits per heavy atom. The van der Waals surface area contributed by atoms with Gasteiger partial charge in [-0.15, -0.1) is 0 Å². The standard InChI is InChI=1S/C52H49N5O5/c1-59-43-29-27-42(28-30-43)52(40-23-13-5-14-24-40,41-25-15-6-16-26-41)56-51-54-49-47(50(55-51)62-34-39-21-11-4-12-22-39)53-36-57(49)45-31-46(61-33-38-19-9-3-10-20-38)44(48(45)58)35-60-32-37-17-7-2-8-18-37/h2-30,36,44-46,48,58H,31-35H2,1H3,(H,54,55,56)/t44-,45-,46+,48+/m1/s1. The molecule has 4 atom stereocenters. The Bertz CT molecular complexity index is 2590. The van der Waals surface area contributed by atoms with Gasteiger partial charge in [-0.25, -0.2) is 4.98 Å². The van der Waals surface area contributed by atoms with Crippen LogP contribution in [-0.4, -0.2) is 50.6 Å². The average Bonchev–Trinajstić information content (AvgIpc) is 3.90. The first kappa shape index (κ1) is 40.6. The van der Waals surface area contributed by atoms with E-state index in [1.807, 2.05) is 144 Å². The highest BCUT2D eigenvalue weighted by atomic mass is 16.5. The Morgan fingerprint density at radius 3 is 1.76 bits per heavy atom. The van der Waals surface area contributed by atoms with Gasteiger partial charge in [0, 0.05) is 5.92 Å². The van der Waals surface area contributed by atoms with E-state index in [0.717, 1.165) is 39.1 Å². The van der Waals surface area contributed by atoms with Crippen molar-refractivity contribution in [2.45, 2.75) is 50.0 Å². The number of aliphatic hydroxyl groups is 1. The van der Waals surface area contributed by atoms with Gasteiger partial charge in [-0.1, -0.05) is 164 Å². The molecule has 2 aromatic heterocycles. The van der Waals surface area contributed by atoms with Crippen LogP contribution in [0.25, 0.3) is 11.2 Å². The highest BCUT2D eigenvalue weighted by Gasteiger charge is 2.45. The number of imidazole rings is 1. The van der Waals surface area contributed by atoms with Crippen LogP contribution < -0.4 is 14.8 Å². The van der Waals surface area contributed by atoms with Crippen LogP contribution in [0.4, 0.5) is 5.95 Å². The van der Waals surface area contributed by atoms with Crippen molar-refractivity contribution >= 4 is 17.1 Å². The predicted octanol–water partition coefficient (Wildman–Crippen LogP) is 9.54. The molecule has 1 fully saturated rings. The molecule has 2 N–H and O–H groups in total. The Balaban J connectivity index is 1.13. The molecule has 0 saturated heterocycles. The summed E-state index contributed by atoms with van der Waals surface area (Å²) < 4.78 is 27.0. The summed E-state index contributed by atoms with van der Waals surface area (Å²) in [5.41, 5.74) is 6.05. The highest BCUT2D eigenvalue weighted by molar-refractivity contribution is 5.78. The van der Waals surface area contributed by atoms with E-state index in [1.165, 1.54) is 0 Å². The SMILES string of the molecule is COc1ccc(C(Nc2nc(OCc3ccccc3)c3ncn([C@@H]4C[C@H](OCc5ccccc5)[C@@H](COCc5ccccc5)[C@@H]4O)c3n2)(c2ccccc2)c2ccccc2)cc1. The quantitative estimate of drug-likeness (QED) is 0.0868. The number of benzene rings is 6. The third kappa shape index (κ3) is 8.67. The van der Waals surface area contributed by atoms with Crippen molar-refractivity contribution in [3.63, 3.8) is 0 Å². The largest absolute Gasteiger partial charge is 0.497 e. The van der Waals surface area contributed by atoms with Crippen molar-refractivity contribution in [2.75, 3.05) is 19.0 Å². The first-order valence-corrected chi connectivity index (χ1v) is 21.0. The van der Waals surface area contributed by atoms with Gasteiger partial charge in [0.15, 0.2) is 11.2 Å². The fourth-order valence-electron chi connectivity index (χ4n) is 8.52. The van der Waals surface area contributed by atoms with Gasteiger partial charge < -0.3 is 33.9 Å². The summed E-state index contributed by atoms with van der Waals surface area (Å²) in [6, 6.07) is 58.3. The normalized spacial score (nSPS) is 17.5. The van der Waals surface area contributed by atoms with E-state index in [0.29, 0.717) is 49.2 Å². The molecule has 2 heterocycles. The summed E-state index contributed by atoms with van der Waals surface area (Å²) in [5, 5.41) is 16.1. The number of hydrogen-bond donors (Lipinski definition) is 2. The van der Waals surface area contributed by atoms with Crippen molar-refractivity contribution in [3.8, 4) is 11.6 Å². The molecular weight excluding hydrogens is 775 g/mol. The maximum Gasteiger partial charge on any atom is 0.247 e. The lowest BCUT2D eigenvalue weighted by atomic mass is 9.77. The summed E-state index contributed by atoms with van der Waals surface area (Å²) in [5.74, 6) is 1.05. The second-order valence-corrected chi connectivity index (χ2v) is 15.6. The van der Waals surface area contributed by atoms with E-state index in [-0.39, 0.29) is 18.6 Å². The van der Waals surface area contributed by atoms with Crippen LogP contribution in [0.5, 0.6) is 11.6 Å². The van der Waals surface area contributed by atoms with E-state index in [4.69, 9.17) is 33.9 Å². The zero-order valence-corrected chi connectivity index (χ0v) is 34.5. The summed E-state index contributed by atoms with van der Waals surface area (Å²) in [6.07, 6.45) is 1.10. The summed E-state index contributed by atoms with van der Waals surface area (Å²) in [4.78, 5) is 15.2. The molecule has 8 aromatic rings. The van der Waals surface area contributed by atoms with E-state index in [2.05, 4.69) is 41.7 Å². The molecule has 10 heteroatoms. The second-order valence-electron chi connectivity index (χ2n) is 15.6. The third-order valence-electron chi connectivity index (χ3n) is 11.7. The maximum absolute atomic E-state index is 12.3. The minimum absolute atomic E-state index is 0.266. The number of nitrogens with zero attached hydrogens (tertiary/aromatic N) is 4. The van der Waals surface area contributed by atoms with Crippen LogP contribution >= 0.6 is 0 Å². The number of aromatic nitrogens is 4. The molecule has 0 spiro atoms. The van der Waals surface area contributed by atoms with E-state index in [1.54, 1.807) is 13.4 Å². The van der Waals surface area contributed by atoms with Crippen molar-refractivity contribution in [3.05, 3.63) is 216 Å². The van der Waals surface area contributed by atoms with Crippen LogP contribution in [0.3, 0.4) is 0 Å². The molecule has 6 aromatic carbocycles. The lowest BCUT2D eigenvalue weighted by Gasteiger charge is -2.37. The number of methoxy groups -OCH3 is 1. The van der Waals surface area contributed by atoms with Crippen LogP contribution in [0.1, 0.15) is 45.8 Å². The fraction of sp³-hybridized carbons (Fsp3) is 0.212. The number of fused-ring (bicyclic) bond motifs is 1. The zero-order chi connectivity index (χ0) is 42.1. The predicted molar refractivity (Wildman–Crippen MR) is 240 cm³/mol. The molecule has 312 valence electrons. The van der Waals surface area contributed by atoms with Crippen LogP contribution in [0, 0.1) is 5.92 Å². The fourth-order valence-corrected chi connectivity index (χ4v) is 8.52. The highest BCUT2D eigenvalue weighted by Crippen LogP contribution is 2.43. The Kier molecular flexibility index (Phi) is 12.3. The minimum atomic E-state index is -0.964. The smallest absolute Gasteiger partial charge is 0.247 e. The number of nitrogens with one attached hydrogen (secondary N) is 1. The first-order valence-electron chi connectivity index (χ1n) is 21.0. The molecule has 0 radical (unpaired) electrons. The molecule has 0 amide bonds. The average molecular weight is 824 g/mol. The number of ether oxygens (including phenoxy) is 4. The minimum Gasteiger partial charge on any atom is -0.497 e. The van der Waals surface area contributed by atoms with Crippen LogP contribution in [0.15, 0.2) is 182 Å². The molecule has 1 saturated carbocycles. The van der Waals surface area contributed by atoms with E-state index < -0.39 is 17.7 Å². The van der Waals surface area contributed by atoms with Crippen LogP contribution in [-0.2, 0) is 34.8 Å². The lowest BCUT2D eigenvalue weighted by Crippen LogP contribution is -2.38. The van der Waals surface area contributed by atoms with Gasteiger partial charge in [-0.3, -0.25) is 0 Å². The second kappa shape index (κ2) is 18.8. The number of aliphatic hydroxyl groups excluding tert-OH is 1. The molecule has 10 nitrogen and oxygen atoms in total. The maximum atomic E-state index is 12.3.